The number of pyridine rings is 1. The molecule has 0 bridgehead atoms. The van der Waals surface area contributed by atoms with Crippen molar-refractivity contribution in [2.75, 3.05) is 45.2 Å². The zero-order valence-corrected chi connectivity index (χ0v) is 23.8. The molecule has 2 saturated heterocycles. The molecule has 0 saturated carbocycles. The van der Waals surface area contributed by atoms with Gasteiger partial charge in [-0.15, -0.1) is 0 Å². The van der Waals surface area contributed by atoms with Crippen LogP contribution in [-0.2, 0) is 17.8 Å². The van der Waals surface area contributed by atoms with Crippen molar-refractivity contribution < 1.29 is 22.7 Å². The van der Waals surface area contributed by atoms with Crippen LogP contribution in [0.2, 0.25) is 0 Å². The number of benzene rings is 1. The molecule has 3 N–H and O–H groups in total. The zero-order valence-electron chi connectivity index (χ0n) is 23.8. The van der Waals surface area contributed by atoms with E-state index in [9.17, 15) is 18.0 Å². The van der Waals surface area contributed by atoms with Crippen molar-refractivity contribution in [3.63, 3.8) is 0 Å². The molecule has 2 aromatic heterocycles. The molecule has 11 heteroatoms. The molecule has 0 aliphatic carbocycles. The average molecular weight is 583 g/mol. The number of carbonyl (C=O) groups is 1. The van der Waals surface area contributed by atoms with Crippen LogP contribution in [0, 0.1) is 11.8 Å². The summed E-state index contributed by atoms with van der Waals surface area (Å²) in [7, 11) is 2.07. The van der Waals surface area contributed by atoms with Gasteiger partial charge >= 0.3 is 6.18 Å². The Morgan fingerprint density at radius 3 is 2.57 bits per heavy atom. The van der Waals surface area contributed by atoms with Gasteiger partial charge in [0.1, 0.15) is 12.2 Å². The first-order chi connectivity index (χ1) is 20.2. The second kappa shape index (κ2) is 13.6. The molecule has 5 rings (SSSR count). The molecule has 224 valence electrons. The van der Waals surface area contributed by atoms with Crippen molar-refractivity contribution in [1.29, 1.82) is 0 Å². The predicted octanol–water partition coefficient (Wildman–Crippen LogP) is 4.15. The molecule has 1 aromatic carbocycles. The Balaban J connectivity index is 1.21. The van der Waals surface area contributed by atoms with Crippen LogP contribution in [0.25, 0.3) is 10.9 Å². The average Bonchev–Trinajstić information content (AvgIpc) is 3.31. The van der Waals surface area contributed by atoms with Gasteiger partial charge in [0.25, 0.3) is 5.91 Å². The standard InChI is InChI=1S/C31H37F3N6O2/c1-39-13-8-25(9-14-39)38-30(41)28-6-5-26(20-37-28)35-12-2-3-27-18-23-17-22(19-36-24-10-15-42-16-11-24)4-7-29(23)40(27)21-31(32,33)34/h4-7,17-18,20,24-25,35-36H,8-16,19,21H2,1H3,(H,38,41). The number of hydrogen-bond donors (Lipinski definition) is 3. The van der Waals surface area contributed by atoms with E-state index in [-0.39, 0.29) is 18.5 Å². The molecule has 0 unspecified atom stereocenters. The van der Waals surface area contributed by atoms with Gasteiger partial charge in [-0.05, 0) is 87.6 Å². The van der Waals surface area contributed by atoms with Crippen molar-refractivity contribution in [2.45, 2.75) is 57.0 Å². The zero-order chi connectivity index (χ0) is 29.5. The Morgan fingerprint density at radius 1 is 1.07 bits per heavy atom. The fourth-order valence-electron chi connectivity index (χ4n) is 5.37. The smallest absolute Gasteiger partial charge is 0.381 e. The van der Waals surface area contributed by atoms with Crippen LogP contribution >= 0.6 is 0 Å². The SMILES string of the molecule is CN1CCC(NC(=O)c2ccc(NCC#Cc3cc4cc(CNC5CCOCC5)ccc4n3CC(F)(F)F)cn2)CC1. The van der Waals surface area contributed by atoms with Crippen LogP contribution in [0.15, 0.2) is 42.6 Å². The summed E-state index contributed by atoms with van der Waals surface area (Å²) in [6.45, 7) is 3.12. The van der Waals surface area contributed by atoms with Crippen LogP contribution in [0.5, 0.6) is 0 Å². The third-order valence-corrected chi connectivity index (χ3v) is 7.77. The van der Waals surface area contributed by atoms with E-state index in [1.54, 1.807) is 30.5 Å². The molecular weight excluding hydrogens is 545 g/mol. The van der Waals surface area contributed by atoms with E-state index in [2.05, 4.69) is 44.7 Å². The molecule has 2 aliphatic heterocycles. The number of nitrogens with one attached hydrogen (secondary N) is 3. The van der Waals surface area contributed by atoms with Crippen LogP contribution in [0.3, 0.4) is 0 Å². The Kier molecular flexibility index (Phi) is 9.67. The van der Waals surface area contributed by atoms with Crippen LogP contribution < -0.4 is 16.0 Å². The van der Waals surface area contributed by atoms with Gasteiger partial charge in [0, 0.05) is 42.7 Å². The fourth-order valence-corrected chi connectivity index (χ4v) is 5.37. The molecule has 8 nitrogen and oxygen atoms in total. The van der Waals surface area contributed by atoms with Gasteiger partial charge in [0.2, 0.25) is 0 Å². The lowest BCUT2D eigenvalue weighted by atomic mass is 10.1. The Bertz CT molecular complexity index is 1410. The maximum absolute atomic E-state index is 13.4. The van der Waals surface area contributed by atoms with Gasteiger partial charge in [0.05, 0.1) is 24.1 Å². The molecule has 0 radical (unpaired) electrons. The minimum atomic E-state index is -4.38. The molecule has 2 aliphatic rings. The van der Waals surface area contributed by atoms with E-state index in [1.165, 1.54) is 4.57 Å². The lowest BCUT2D eigenvalue weighted by molar-refractivity contribution is -0.140. The van der Waals surface area contributed by atoms with Gasteiger partial charge in [-0.1, -0.05) is 12.0 Å². The number of alkyl halides is 3. The number of amides is 1. The molecule has 1 amide bonds. The van der Waals surface area contributed by atoms with E-state index in [0.29, 0.717) is 35.2 Å². The van der Waals surface area contributed by atoms with Crippen molar-refractivity contribution in [3.05, 3.63) is 59.5 Å². The minimum absolute atomic E-state index is 0.150. The highest BCUT2D eigenvalue weighted by Crippen LogP contribution is 2.26. The molecular formula is C31H37F3N6O2. The Hall–Kier alpha value is -3.59. The van der Waals surface area contributed by atoms with E-state index in [4.69, 9.17) is 4.74 Å². The van der Waals surface area contributed by atoms with Gasteiger partial charge in [-0.2, -0.15) is 13.2 Å². The lowest BCUT2D eigenvalue weighted by Crippen LogP contribution is -2.43. The number of hydrogen-bond acceptors (Lipinski definition) is 6. The highest BCUT2D eigenvalue weighted by atomic mass is 19.4. The number of anilines is 1. The number of ether oxygens (including phenoxy) is 1. The highest BCUT2D eigenvalue weighted by Gasteiger charge is 2.29. The minimum Gasteiger partial charge on any atom is -0.381 e. The van der Waals surface area contributed by atoms with Crippen LogP contribution in [0.4, 0.5) is 18.9 Å². The molecule has 42 heavy (non-hydrogen) atoms. The van der Waals surface area contributed by atoms with Gasteiger partial charge in [0.15, 0.2) is 0 Å². The highest BCUT2D eigenvalue weighted by molar-refractivity contribution is 5.92. The maximum atomic E-state index is 13.4. The summed E-state index contributed by atoms with van der Waals surface area (Å²) >= 11 is 0. The van der Waals surface area contributed by atoms with Gasteiger partial charge in [-0.3, -0.25) is 4.79 Å². The van der Waals surface area contributed by atoms with E-state index in [0.717, 1.165) is 62.9 Å². The lowest BCUT2D eigenvalue weighted by Gasteiger charge is -2.29. The molecule has 0 spiro atoms. The number of halogens is 3. The second-order valence-corrected chi connectivity index (χ2v) is 11.0. The molecule has 4 heterocycles. The fraction of sp³-hybridized carbons (Fsp3) is 0.484. The van der Waals surface area contributed by atoms with Gasteiger partial charge < -0.3 is 30.2 Å². The Morgan fingerprint density at radius 2 is 1.86 bits per heavy atom. The number of aromatic nitrogens is 2. The third-order valence-electron chi connectivity index (χ3n) is 7.77. The topological polar surface area (TPSA) is 83.5 Å². The number of likely N-dealkylation sites (tertiary alicyclic amines) is 1. The number of piperidine rings is 1. The monoisotopic (exact) mass is 582 g/mol. The first kappa shape index (κ1) is 29.9. The predicted molar refractivity (Wildman–Crippen MR) is 156 cm³/mol. The first-order valence-corrected chi connectivity index (χ1v) is 14.4. The maximum Gasteiger partial charge on any atom is 0.406 e. The van der Waals surface area contributed by atoms with Gasteiger partial charge in [-0.25, -0.2) is 4.98 Å². The van der Waals surface area contributed by atoms with Crippen LogP contribution in [0.1, 0.15) is 47.4 Å². The normalized spacial score (nSPS) is 17.1. The summed E-state index contributed by atoms with van der Waals surface area (Å²) in [4.78, 5) is 19.0. The largest absolute Gasteiger partial charge is 0.406 e. The summed E-state index contributed by atoms with van der Waals surface area (Å²) in [6.07, 6.45) is 0.909. The summed E-state index contributed by atoms with van der Waals surface area (Å²) < 4.78 is 46.9. The Labute approximate surface area is 244 Å². The van der Waals surface area contributed by atoms with Crippen molar-refractivity contribution in [1.82, 2.24) is 25.1 Å². The van der Waals surface area contributed by atoms with Crippen LogP contribution in [-0.4, -0.2) is 78.5 Å². The molecule has 2 fully saturated rings. The molecule has 0 atom stereocenters. The first-order valence-electron chi connectivity index (χ1n) is 14.4. The number of carbonyl (C=O) groups excluding carboxylic acids is 1. The number of nitrogens with zero attached hydrogens (tertiary/aromatic N) is 3. The second-order valence-electron chi connectivity index (χ2n) is 11.0. The van der Waals surface area contributed by atoms with Crippen molar-refractivity contribution >= 4 is 22.5 Å². The quantitative estimate of drug-likeness (QED) is 0.346. The number of fused-ring (bicyclic) bond motifs is 1. The summed E-state index contributed by atoms with van der Waals surface area (Å²) in [5.74, 6) is 5.64. The van der Waals surface area contributed by atoms with E-state index < -0.39 is 12.7 Å². The third kappa shape index (κ3) is 8.25. The summed E-state index contributed by atoms with van der Waals surface area (Å²) in [5.41, 5.74) is 2.81. The van der Waals surface area contributed by atoms with Crippen molar-refractivity contribution in [3.8, 4) is 11.8 Å². The van der Waals surface area contributed by atoms with E-state index >= 15 is 0 Å². The molecule has 3 aromatic rings. The summed E-state index contributed by atoms with van der Waals surface area (Å²) in [5, 5.41) is 10.4. The summed E-state index contributed by atoms with van der Waals surface area (Å²) in [6, 6.07) is 11.2. The van der Waals surface area contributed by atoms with Crippen molar-refractivity contribution in [2.24, 2.45) is 0 Å². The van der Waals surface area contributed by atoms with E-state index in [1.807, 2.05) is 12.1 Å². The number of rotatable bonds is 8.